The van der Waals surface area contributed by atoms with Crippen molar-refractivity contribution < 1.29 is 4.79 Å². The molecule has 4 N–H and O–H groups in total. The molecule has 0 aliphatic carbocycles. The number of amides is 2. The van der Waals surface area contributed by atoms with E-state index in [4.69, 9.17) is 17.3 Å². The predicted molar refractivity (Wildman–Crippen MR) is 34.2 cm³/mol. The summed E-state index contributed by atoms with van der Waals surface area (Å²) in [5.41, 5.74) is 5.36. The van der Waals surface area contributed by atoms with Crippen molar-refractivity contribution in [2.75, 3.05) is 6.54 Å². The number of hydrogen-bond donors (Lipinski definition) is 3. The highest BCUT2D eigenvalue weighted by Crippen LogP contribution is 1.99. The number of alkyl halides is 1. The highest BCUT2D eigenvalue weighted by atomic mass is 35.5. The van der Waals surface area contributed by atoms with Crippen LogP contribution in [0.5, 0.6) is 0 Å². The third kappa shape index (κ3) is 1.46. The Kier molecular flexibility index (Phi) is 1.78. The zero-order chi connectivity index (χ0) is 6.85. The van der Waals surface area contributed by atoms with E-state index < -0.39 is 6.17 Å². The molecule has 1 fully saturated rings. The molecule has 9 heavy (non-hydrogen) atoms. The van der Waals surface area contributed by atoms with Crippen molar-refractivity contribution in [1.29, 1.82) is 0 Å². The number of nitrogens with two attached hydrogens (primary N) is 1. The van der Waals surface area contributed by atoms with E-state index in [-0.39, 0.29) is 11.4 Å². The first-order chi connectivity index (χ1) is 4.20. The normalized spacial score (nSPS) is 35.1. The van der Waals surface area contributed by atoms with Crippen molar-refractivity contribution >= 4 is 17.6 Å². The largest absolute Gasteiger partial charge is 0.337 e. The van der Waals surface area contributed by atoms with Crippen molar-refractivity contribution in [3.8, 4) is 0 Å². The fraction of sp³-hybridized carbons (Fsp3) is 0.750. The van der Waals surface area contributed by atoms with Crippen LogP contribution in [0.1, 0.15) is 0 Å². The SMILES string of the molecule is NC1NC(=O)NCC1Cl. The maximum absolute atomic E-state index is 10.5. The molecule has 1 heterocycles. The number of nitrogens with one attached hydrogen (secondary N) is 2. The molecule has 0 aromatic carbocycles. The van der Waals surface area contributed by atoms with E-state index in [1.54, 1.807) is 0 Å². The summed E-state index contributed by atoms with van der Waals surface area (Å²) in [4.78, 5) is 10.5. The number of halogens is 1. The van der Waals surface area contributed by atoms with Crippen molar-refractivity contribution in [3.05, 3.63) is 0 Å². The third-order valence-electron chi connectivity index (χ3n) is 1.15. The topological polar surface area (TPSA) is 67.1 Å². The quantitative estimate of drug-likeness (QED) is 0.395. The van der Waals surface area contributed by atoms with Crippen LogP contribution in [0.25, 0.3) is 0 Å². The second-order valence-electron chi connectivity index (χ2n) is 1.90. The van der Waals surface area contributed by atoms with Crippen LogP contribution < -0.4 is 16.4 Å². The zero-order valence-electron chi connectivity index (χ0n) is 4.73. The van der Waals surface area contributed by atoms with Gasteiger partial charge in [0.25, 0.3) is 0 Å². The van der Waals surface area contributed by atoms with Crippen LogP contribution in [0.3, 0.4) is 0 Å². The summed E-state index contributed by atoms with van der Waals surface area (Å²) in [6.07, 6.45) is -0.416. The van der Waals surface area contributed by atoms with Crippen LogP contribution >= 0.6 is 11.6 Å². The molecule has 1 rings (SSSR count). The monoisotopic (exact) mass is 149 g/mol. The lowest BCUT2D eigenvalue weighted by Gasteiger charge is -2.25. The van der Waals surface area contributed by atoms with Crippen LogP contribution in [-0.2, 0) is 0 Å². The summed E-state index contributed by atoms with van der Waals surface area (Å²) >= 11 is 5.63. The van der Waals surface area contributed by atoms with Gasteiger partial charge >= 0.3 is 6.03 Å². The molecule has 0 saturated carbocycles. The second-order valence-corrected chi connectivity index (χ2v) is 2.46. The van der Waals surface area contributed by atoms with Gasteiger partial charge < -0.3 is 16.4 Å². The standard InChI is InChI=1S/C4H8ClN3O/c5-2-1-7-4(9)8-3(2)6/h2-3H,1,6H2,(H2,7,8,9). The van der Waals surface area contributed by atoms with E-state index in [2.05, 4.69) is 10.6 Å². The van der Waals surface area contributed by atoms with Gasteiger partial charge in [-0.25, -0.2) is 4.79 Å². The average molecular weight is 150 g/mol. The minimum Gasteiger partial charge on any atom is -0.337 e. The molecule has 1 aliphatic heterocycles. The van der Waals surface area contributed by atoms with Crippen LogP contribution in [0.2, 0.25) is 0 Å². The van der Waals surface area contributed by atoms with Crippen LogP contribution in [0.15, 0.2) is 0 Å². The zero-order valence-corrected chi connectivity index (χ0v) is 5.48. The van der Waals surface area contributed by atoms with E-state index in [9.17, 15) is 4.79 Å². The van der Waals surface area contributed by atoms with Crippen LogP contribution in [-0.4, -0.2) is 24.1 Å². The minimum atomic E-state index is -0.416. The third-order valence-corrected chi connectivity index (χ3v) is 1.57. The lowest BCUT2D eigenvalue weighted by molar-refractivity contribution is 0.230. The number of urea groups is 1. The molecular weight excluding hydrogens is 142 g/mol. The smallest absolute Gasteiger partial charge is 0.316 e. The molecule has 0 bridgehead atoms. The van der Waals surface area contributed by atoms with E-state index in [0.29, 0.717) is 6.54 Å². The minimum absolute atomic E-state index is 0.206. The van der Waals surface area contributed by atoms with Gasteiger partial charge in [-0.15, -0.1) is 11.6 Å². The van der Waals surface area contributed by atoms with Gasteiger partial charge in [0.15, 0.2) is 0 Å². The Morgan fingerprint density at radius 3 is 2.89 bits per heavy atom. The van der Waals surface area contributed by atoms with Crippen molar-refractivity contribution in [1.82, 2.24) is 10.6 Å². The summed E-state index contributed by atoms with van der Waals surface area (Å²) in [6, 6.07) is -0.251. The van der Waals surface area contributed by atoms with Gasteiger partial charge in [0.1, 0.15) is 0 Å². The van der Waals surface area contributed by atoms with Crippen molar-refractivity contribution in [2.45, 2.75) is 11.5 Å². The Morgan fingerprint density at radius 2 is 2.44 bits per heavy atom. The summed E-state index contributed by atoms with van der Waals surface area (Å²) < 4.78 is 0. The van der Waals surface area contributed by atoms with Gasteiger partial charge in [0.2, 0.25) is 0 Å². The average Bonchev–Trinajstić information content (AvgIpc) is 1.80. The molecular formula is C4H8ClN3O. The van der Waals surface area contributed by atoms with Gasteiger partial charge in [-0.1, -0.05) is 0 Å². The van der Waals surface area contributed by atoms with Gasteiger partial charge in [-0.3, -0.25) is 0 Å². The molecule has 2 amide bonds. The van der Waals surface area contributed by atoms with E-state index in [1.807, 2.05) is 0 Å². The van der Waals surface area contributed by atoms with Crippen LogP contribution in [0, 0.1) is 0 Å². The number of hydrogen-bond acceptors (Lipinski definition) is 2. The fourth-order valence-corrected chi connectivity index (χ4v) is 0.750. The Labute approximate surface area is 57.7 Å². The molecule has 0 radical (unpaired) electrons. The first kappa shape index (κ1) is 6.64. The Bertz CT molecular complexity index is 129. The first-order valence-electron chi connectivity index (χ1n) is 2.64. The first-order valence-corrected chi connectivity index (χ1v) is 3.08. The molecule has 1 aliphatic rings. The summed E-state index contributed by atoms with van der Waals surface area (Å²) in [7, 11) is 0. The van der Waals surface area contributed by atoms with Gasteiger partial charge in [-0.2, -0.15) is 0 Å². The lowest BCUT2D eigenvalue weighted by atomic mass is 10.3. The molecule has 52 valence electrons. The van der Waals surface area contributed by atoms with Gasteiger partial charge in [0.05, 0.1) is 11.5 Å². The highest BCUT2D eigenvalue weighted by Gasteiger charge is 2.22. The number of carbonyl (C=O) groups is 1. The summed E-state index contributed by atoms with van der Waals surface area (Å²) in [5.74, 6) is 0. The second kappa shape index (κ2) is 2.41. The molecule has 0 aromatic rings. The van der Waals surface area contributed by atoms with E-state index >= 15 is 0 Å². The summed E-state index contributed by atoms with van der Waals surface area (Å²) in [5, 5.41) is 4.72. The Morgan fingerprint density at radius 1 is 1.78 bits per heavy atom. The molecule has 2 atom stereocenters. The van der Waals surface area contributed by atoms with E-state index in [1.165, 1.54) is 0 Å². The molecule has 2 unspecified atom stereocenters. The Hall–Kier alpha value is -0.480. The van der Waals surface area contributed by atoms with Crippen molar-refractivity contribution in [3.63, 3.8) is 0 Å². The Balaban J connectivity index is 2.44. The van der Waals surface area contributed by atoms with Gasteiger partial charge in [0, 0.05) is 6.54 Å². The van der Waals surface area contributed by atoms with Gasteiger partial charge in [-0.05, 0) is 0 Å². The highest BCUT2D eigenvalue weighted by molar-refractivity contribution is 6.21. The predicted octanol–water partition coefficient (Wildman–Crippen LogP) is -0.809. The van der Waals surface area contributed by atoms with E-state index in [0.717, 1.165) is 0 Å². The maximum Gasteiger partial charge on any atom is 0.316 e. The molecule has 0 aromatic heterocycles. The molecule has 5 heteroatoms. The summed E-state index contributed by atoms with van der Waals surface area (Å²) in [6.45, 7) is 0.439. The fourth-order valence-electron chi connectivity index (χ4n) is 0.610. The molecule has 1 saturated heterocycles. The van der Waals surface area contributed by atoms with Crippen molar-refractivity contribution in [2.24, 2.45) is 5.73 Å². The molecule has 0 spiro atoms. The van der Waals surface area contributed by atoms with Crippen LogP contribution in [0.4, 0.5) is 4.79 Å². The lowest BCUT2D eigenvalue weighted by Crippen LogP contribution is -2.59. The number of rotatable bonds is 0. The maximum atomic E-state index is 10.5. The molecule has 4 nitrogen and oxygen atoms in total. The number of carbonyl (C=O) groups excluding carboxylic acids is 1.